The molecule has 0 saturated carbocycles. The lowest BCUT2D eigenvalue weighted by atomic mass is 10.1. The predicted octanol–water partition coefficient (Wildman–Crippen LogP) is 1.64. The van der Waals surface area contributed by atoms with Crippen molar-refractivity contribution in [2.75, 3.05) is 49.5 Å². The molecule has 0 spiro atoms. The van der Waals surface area contributed by atoms with Crippen LogP contribution in [0.5, 0.6) is 0 Å². The molecule has 0 aliphatic carbocycles. The van der Waals surface area contributed by atoms with Crippen molar-refractivity contribution in [3.05, 3.63) is 65.2 Å². The van der Waals surface area contributed by atoms with Gasteiger partial charge < -0.3 is 10.1 Å². The van der Waals surface area contributed by atoms with Crippen LogP contribution in [0.3, 0.4) is 0 Å². The van der Waals surface area contributed by atoms with Gasteiger partial charge in [0.15, 0.2) is 0 Å². The number of sulfonamides is 1. The molecule has 1 fully saturated rings. The second-order valence-corrected chi connectivity index (χ2v) is 9.62. The minimum Gasteiger partial charge on any atom is -0.379 e. The third-order valence-electron chi connectivity index (χ3n) is 5.52. The first-order chi connectivity index (χ1) is 14.5. The Morgan fingerprint density at radius 3 is 2.67 bits per heavy atom. The van der Waals surface area contributed by atoms with E-state index in [2.05, 4.69) is 10.2 Å². The summed E-state index contributed by atoms with van der Waals surface area (Å²) in [5.74, 6) is -0.378. The maximum atomic E-state index is 12.7. The molecule has 0 atom stereocenters. The first kappa shape index (κ1) is 20.8. The quantitative estimate of drug-likeness (QED) is 0.724. The van der Waals surface area contributed by atoms with Gasteiger partial charge in [-0.2, -0.15) is 0 Å². The van der Waals surface area contributed by atoms with E-state index in [4.69, 9.17) is 4.74 Å². The topological polar surface area (TPSA) is 79.0 Å². The second kappa shape index (κ2) is 9.16. The Labute approximate surface area is 177 Å². The van der Waals surface area contributed by atoms with Crippen molar-refractivity contribution >= 4 is 21.6 Å². The van der Waals surface area contributed by atoms with Crippen molar-refractivity contribution in [3.8, 4) is 0 Å². The maximum Gasteiger partial charge on any atom is 0.251 e. The molecule has 2 aromatic rings. The lowest BCUT2D eigenvalue weighted by Gasteiger charge is -2.26. The molecule has 8 heteroatoms. The molecule has 2 aliphatic rings. The number of anilines is 1. The molecule has 0 bridgehead atoms. The number of carbonyl (C=O) groups excluding carboxylic acids is 1. The van der Waals surface area contributed by atoms with Gasteiger partial charge in [0.05, 0.1) is 24.7 Å². The molecule has 7 nitrogen and oxygen atoms in total. The number of morpholine rings is 1. The van der Waals surface area contributed by atoms with Crippen molar-refractivity contribution in [2.45, 2.75) is 13.0 Å². The zero-order valence-electron chi connectivity index (χ0n) is 16.9. The van der Waals surface area contributed by atoms with Crippen molar-refractivity contribution in [1.82, 2.24) is 10.2 Å². The molecule has 160 valence electrons. The number of nitrogens with one attached hydrogen (secondary N) is 1. The van der Waals surface area contributed by atoms with Crippen LogP contribution < -0.4 is 9.62 Å². The van der Waals surface area contributed by atoms with Crippen molar-refractivity contribution in [2.24, 2.45) is 0 Å². The van der Waals surface area contributed by atoms with E-state index in [-0.39, 0.29) is 18.2 Å². The van der Waals surface area contributed by atoms with Crippen LogP contribution in [-0.4, -0.2) is 64.4 Å². The molecule has 1 saturated heterocycles. The summed E-state index contributed by atoms with van der Waals surface area (Å²) >= 11 is 0. The van der Waals surface area contributed by atoms with E-state index in [0.717, 1.165) is 56.1 Å². The third kappa shape index (κ3) is 4.83. The molecule has 0 unspecified atom stereocenters. The SMILES string of the molecule is O=C(NCCS(=O)(=O)N1CCc2ccccc21)c1cccc(CN2CCOCC2)c1. The molecule has 1 amide bonds. The Hall–Kier alpha value is -2.42. The maximum absolute atomic E-state index is 12.7. The molecular weight excluding hydrogens is 402 g/mol. The van der Waals surface area contributed by atoms with Crippen LogP contribution >= 0.6 is 0 Å². The number of rotatable bonds is 7. The summed E-state index contributed by atoms with van der Waals surface area (Å²) < 4.78 is 32.3. The summed E-state index contributed by atoms with van der Waals surface area (Å²) in [7, 11) is -3.48. The highest BCUT2D eigenvalue weighted by Gasteiger charge is 2.28. The van der Waals surface area contributed by atoms with Gasteiger partial charge in [-0.25, -0.2) is 8.42 Å². The van der Waals surface area contributed by atoms with Crippen LogP contribution in [0.2, 0.25) is 0 Å². The van der Waals surface area contributed by atoms with Gasteiger partial charge in [0, 0.05) is 38.3 Å². The fourth-order valence-corrected chi connectivity index (χ4v) is 5.36. The van der Waals surface area contributed by atoms with Gasteiger partial charge in [0.2, 0.25) is 10.0 Å². The lowest BCUT2D eigenvalue weighted by Crippen LogP contribution is -2.37. The van der Waals surface area contributed by atoms with Crippen LogP contribution in [0.4, 0.5) is 5.69 Å². The van der Waals surface area contributed by atoms with E-state index < -0.39 is 10.0 Å². The van der Waals surface area contributed by atoms with Gasteiger partial charge in [-0.1, -0.05) is 30.3 Å². The molecule has 0 aromatic heterocycles. The Balaban J connectivity index is 1.32. The number of carbonyl (C=O) groups is 1. The number of fused-ring (bicyclic) bond motifs is 1. The van der Waals surface area contributed by atoms with Crippen LogP contribution in [0.15, 0.2) is 48.5 Å². The standard InChI is InChI=1S/C22H27N3O4S/c26-22(20-6-3-4-18(16-20)17-24-11-13-29-14-12-24)23-9-15-30(27,28)25-10-8-19-5-1-2-7-21(19)25/h1-7,16H,8-15,17H2,(H,23,26). The average molecular weight is 430 g/mol. The Morgan fingerprint density at radius 1 is 1.03 bits per heavy atom. The lowest BCUT2D eigenvalue weighted by molar-refractivity contribution is 0.0342. The minimum absolute atomic E-state index is 0.0769. The van der Waals surface area contributed by atoms with Crippen LogP contribution in [0.1, 0.15) is 21.5 Å². The third-order valence-corrected chi connectivity index (χ3v) is 7.30. The summed E-state index contributed by atoms with van der Waals surface area (Å²) in [6.45, 7) is 4.54. The summed E-state index contributed by atoms with van der Waals surface area (Å²) in [5.41, 5.74) is 3.40. The smallest absolute Gasteiger partial charge is 0.251 e. The van der Waals surface area contributed by atoms with Gasteiger partial charge in [-0.3, -0.25) is 14.0 Å². The summed E-state index contributed by atoms with van der Waals surface area (Å²) in [4.78, 5) is 14.8. The Kier molecular flexibility index (Phi) is 6.36. The number of hydrogen-bond donors (Lipinski definition) is 1. The normalized spacial score (nSPS) is 17.0. The van der Waals surface area contributed by atoms with Crippen molar-refractivity contribution in [3.63, 3.8) is 0 Å². The van der Waals surface area contributed by atoms with E-state index in [0.29, 0.717) is 12.1 Å². The highest BCUT2D eigenvalue weighted by molar-refractivity contribution is 7.92. The van der Waals surface area contributed by atoms with Gasteiger partial charge in [-0.15, -0.1) is 0 Å². The van der Waals surface area contributed by atoms with E-state index >= 15 is 0 Å². The zero-order valence-corrected chi connectivity index (χ0v) is 17.7. The fraction of sp³-hybridized carbons (Fsp3) is 0.409. The molecule has 2 aliphatic heterocycles. The van der Waals surface area contributed by atoms with E-state index in [1.54, 1.807) is 6.07 Å². The molecule has 2 aromatic carbocycles. The van der Waals surface area contributed by atoms with Crippen LogP contribution in [0, 0.1) is 0 Å². The molecule has 4 rings (SSSR count). The number of hydrogen-bond acceptors (Lipinski definition) is 5. The molecule has 30 heavy (non-hydrogen) atoms. The van der Waals surface area contributed by atoms with Gasteiger partial charge in [0.25, 0.3) is 5.91 Å². The Morgan fingerprint density at radius 2 is 1.83 bits per heavy atom. The molecular formula is C22H27N3O4S. The molecule has 1 N–H and O–H groups in total. The highest BCUT2D eigenvalue weighted by atomic mass is 32.2. The first-order valence-corrected chi connectivity index (χ1v) is 11.9. The Bertz CT molecular complexity index is 1000. The van der Waals surface area contributed by atoms with Crippen molar-refractivity contribution < 1.29 is 17.9 Å². The second-order valence-electron chi connectivity index (χ2n) is 7.61. The van der Waals surface area contributed by atoms with Crippen molar-refractivity contribution in [1.29, 1.82) is 0 Å². The number of ether oxygens (including phenoxy) is 1. The summed E-state index contributed by atoms with van der Waals surface area (Å²) in [6, 6.07) is 15.0. The van der Waals surface area contributed by atoms with Gasteiger partial charge in [-0.05, 0) is 35.7 Å². The highest BCUT2D eigenvalue weighted by Crippen LogP contribution is 2.29. The summed E-state index contributed by atoms with van der Waals surface area (Å²) in [5, 5.41) is 2.75. The van der Waals surface area contributed by atoms with Crippen LogP contribution in [-0.2, 0) is 27.7 Å². The predicted molar refractivity (Wildman–Crippen MR) is 116 cm³/mol. The largest absolute Gasteiger partial charge is 0.379 e. The molecule has 0 radical (unpaired) electrons. The monoisotopic (exact) mass is 429 g/mol. The minimum atomic E-state index is -3.48. The van der Waals surface area contributed by atoms with E-state index in [9.17, 15) is 13.2 Å². The zero-order chi connectivity index (χ0) is 21.0. The fourth-order valence-electron chi connectivity index (χ4n) is 3.93. The summed E-state index contributed by atoms with van der Waals surface area (Å²) in [6.07, 6.45) is 0.720. The van der Waals surface area contributed by atoms with Gasteiger partial charge >= 0.3 is 0 Å². The number of benzene rings is 2. The molecule has 2 heterocycles. The number of para-hydroxylation sites is 1. The van der Waals surface area contributed by atoms with Gasteiger partial charge in [0.1, 0.15) is 0 Å². The van der Waals surface area contributed by atoms with Crippen LogP contribution in [0.25, 0.3) is 0 Å². The van der Waals surface area contributed by atoms with E-state index in [1.165, 1.54) is 4.31 Å². The number of nitrogens with zero attached hydrogens (tertiary/aromatic N) is 2. The number of amides is 1. The van der Waals surface area contributed by atoms with E-state index in [1.807, 2.05) is 42.5 Å². The first-order valence-electron chi connectivity index (χ1n) is 10.3. The average Bonchev–Trinajstić information content (AvgIpc) is 3.20.